The van der Waals surface area contributed by atoms with Crippen LogP contribution in [0.15, 0.2) is 48.5 Å². The molecule has 0 saturated carbocycles. The first kappa shape index (κ1) is 19.8. The molecule has 1 aliphatic rings. The minimum atomic E-state index is -0.470. The average molecular weight is 383 g/mol. The molecule has 2 aromatic rings. The van der Waals surface area contributed by atoms with Crippen molar-refractivity contribution in [3.63, 3.8) is 0 Å². The molecule has 0 bridgehead atoms. The second-order valence-corrected chi connectivity index (χ2v) is 7.08. The molecule has 0 radical (unpaired) electrons. The Morgan fingerprint density at radius 3 is 2.50 bits per heavy atom. The Morgan fingerprint density at radius 1 is 1.18 bits per heavy atom. The second kappa shape index (κ2) is 9.32. The highest BCUT2D eigenvalue weighted by Crippen LogP contribution is 2.18. The van der Waals surface area contributed by atoms with E-state index >= 15 is 0 Å². The minimum absolute atomic E-state index is 0.00532. The maximum absolute atomic E-state index is 12.1. The van der Waals surface area contributed by atoms with Gasteiger partial charge >= 0.3 is 0 Å². The Morgan fingerprint density at radius 2 is 1.86 bits per heavy atom. The van der Waals surface area contributed by atoms with Crippen molar-refractivity contribution in [3.05, 3.63) is 69.8 Å². The zero-order valence-corrected chi connectivity index (χ0v) is 16.0. The summed E-state index contributed by atoms with van der Waals surface area (Å²) in [4.78, 5) is 24.7. The van der Waals surface area contributed by atoms with Crippen molar-refractivity contribution in [3.8, 4) is 5.75 Å². The van der Waals surface area contributed by atoms with Gasteiger partial charge in [0.1, 0.15) is 5.75 Å². The molecule has 0 atom stereocenters. The van der Waals surface area contributed by atoms with Gasteiger partial charge in [-0.25, -0.2) is 0 Å². The molecule has 148 valence electrons. The van der Waals surface area contributed by atoms with E-state index < -0.39 is 4.92 Å². The summed E-state index contributed by atoms with van der Waals surface area (Å²) in [6.07, 6.45) is 1.82. The zero-order valence-electron chi connectivity index (χ0n) is 16.0. The number of amides is 1. The molecule has 1 heterocycles. The summed E-state index contributed by atoms with van der Waals surface area (Å²) in [5.41, 5.74) is 2.65. The van der Waals surface area contributed by atoms with Crippen LogP contribution in [0.25, 0.3) is 0 Å². The number of rotatable bonds is 7. The Bertz CT molecular complexity index is 815. The number of hydrogen-bond donors (Lipinski definition) is 1. The number of likely N-dealkylation sites (tertiary alicyclic amines) is 1. The number of carbonyl (C=O) groups excluding carboxylic acids is 1. The molecular formula is C21H25N3O4. The number of ether oxygens (including phenoxy) is 1. The van der Waals surface area contributed by atoms with Gasteiger partial charge in [0.2, 0.25) is 0 Å². The molecule has 1 N–H and O–H groups in total. The summed E-state index contributed by atoms with van der Waals surface area (Å²) < 4.78 is 5.41. The zero-order chi connectivity index (χ0) is 19.9. The van der Waals surface area contributed by atoms with Crippen LogP contribution in [0.2, 0.25) is 0 Å². The number of nitro groups is 1. The third kappa shape index (κ3) is 5.53. The smallest absolute Gasteiger partial charge is 0.269 e. The van der Waals surface area contributed by atoms with Gasteiger partial charge in [-0.3, -0.25) is 19.8 Å². The van der Waals surface area contributed by atoms with E-state index in [0.717, 1.165) is 32.5 Å². The van der Waals surface area contributed by atoms with Crippen molar-refractivity contribution in [1.82, 2.24) is 10.2 Å². The number of non-ortho nitro benzene ring substituents is 1. The van der Waals surface area contributed by atoms with Gasteiger partial charge in [0.05, 0.1) is 4.92 Å². The van der Waals surface area contributed by atoms with Crippen LogP contribution in [0.5, 0.6) is 5.75 Å². The van der Waals surface area contributed by atoms with Gasteiger partial charge < -0.3 is 10.1 Å². The van der Waals surface area contributed by atoms with Gasteiger partial charge in [-0.2, -0.15) is 0 Å². The van der Waals surface area contributed by atoms with Crippen LogP contribution in [0.1, 0.15) is 24.0 Å². The number of nitrogens with one attached hydrogen (secondary N) is 1. The molecule has 3 rings (SSSR count). The number of nitrogens with zero attached hydrogens (tertiary/aromatic N) is 2. The fourth-order valence-corrected chi connectivity index (χ4v) is 3.35. The van der Waals surface area contributed by atoms with E-state index in [2.05, 4.69) is 41.4 Å². The van der Waals surface area contributed by atoms with E-state index in [1.807, 2.05) is 0 Å². The topological polar surface area (TPSA) is 84.7 Å². The van der Waals surface area contributed by atoms with E-state index in [4.69, 9.17) is 4.74 Å². The summed E-state index contributed by atoms with van der Waals surface area (Å²) in [6, 6.07) is 14.3. The molecule has 1 fully saturated rings. The standard InChI is InChI=1S/C21H25N3O4/c1-16-4-2-3-5-17(16)14-23-12-10-18(11-13-23)22-21(25)15-28-20-8-6-19(7-9-20)24(26)27/h2-9,18H,10-15H2,1H3,(H,22,25). The summed E-state index contributed by atoms with van der Waals surface area (Å²) in [5.74, 6) is 0.268. The lowest BCUT2D eigenvalue weighted by Crippen LogP contribution is -2.45. The van der Waals surface area contributed by atoms with E-state index in [0.29, 0.717) is 5.75 Å². The molecule has 0 aromatic heterocycles. The largest absolute Gasteiger partial charge is 0.484 e. The molecule has 0 unspecified atom stereocenters. The number of piperidine rings is 1. The number of hydrogen-bond acceptors (Lipinski definition) is 5. The molecular weight excluding hydrogens is 358 g/mol. The van der Waals surface area contributed by atoms with Crippen LogP contribution in [-0.2, 0) is 11.3 Å². The van der Waals surface area contributed by atoms with Crippen LogP contribution in [0.3, 0.4) is 0 Å². The molecule has 1 saturated heterocycles. The third-order valence-electron chi connectivity index (χ3n) is 5.03. The van der Waals surface area contributed by atoms with Crippen LogP contribution in [0, 0.1) is 17.0 Å². The van der Waals surface area contributed by atoms with Crippen molar-refractivity contribution < 1.29 is 14.5 Å². The first-order valence-electron chi connectivity index (χ1n) is 9.45. The highest BCUT2D eigenvalue weighted by atomic mass is 16.6. The summed E-state index contributed by atoms with van der Waals surface area (Å²) >= 11 is 0. The monoisotopic (exact) mass is 383 g/mol. The van der Waals surface area contributed by atoms with Crippen molar-refractivity contribution in [2.24, 2.45) is 0 Å². The lowest BCUT2D eigenvalue weighted by Gasteiger charge is -2.32. The average Bonchev–Trinajstić information content (AvgIpc) is 2.70. The molecule has 0 aliphatic carbocycles. The predicted molar refractivity (Wildman–Crippen MR) is 106 cm³/mol. The van der Waals surface area contributed by atoms with Gasteiger partial charge in [0, 0.05) is 37.8 Å². The summed E-state index contributed by atoms with van der Waals surface area (Å²) in [7, 11) is 0. The van der Waals surface area contributed by atoms with Gasteiger partial charge in [-0.15, -0.1) is 0 Å². The SMILES string of the molecule is Cc1ccccc1CN1CCC(NC(=O)COc2ccc([N+](=O)[O-])cc2)CC1. The maximum atomic E-state index is 12.1. The van der Waals surface area contributed by atoms with E-state index in [1.165, 1.54) is 35.4 Å². The van der Waals surface area contributed by atoms with Crippen molar-refractivity contribution in [2.75, 3.05) is 19.7 Å². The highest BCUT2D eigenvalue weighted by Gasteiger charge is 2.21. The first-order valence-corrected chi connectivity index (χ1v) is 9.45. The molecule has 7 nitrogen and oxygen atoms in total. The Balaban J connectivity index is 1.39. The van der Waals surface area contributed by atoms with Crippen molar-refractivity contribution in [2.45, 2.75) is 32.4 Å². The minimum Gasteiger partial charge on any atom is -0.484 e. The second-order valence-electron chi connectivity index (χ2n) is 7.08. The van der Waals surface area contributed by atoms with E-state index in [9.17, 15) is 14.9 Å². The lowest BCUT2D eigenvalue weighted by molar-refractivity contribution is -0.384. The molecule has 0 spiro atoms. The Kier molecular flexibility index (Phi) is 6.60. The van der Waals surface area contributed by atoms with E-state index in [1.54, 1.807) is 0 Å². The van der Waals surface area contributed by atoms with Gasteiger partial charge in [-0.05, 0) is 43.0 Å². The first-order chi connectivity index (χ1) is 13.5. The molecule has 7 heteroatoms. The van der Waals surface area contributed by atoms with Crippen LogP contribution >= 0.6 is 0 Å². The fourth-order valence-electron chi connectivity index (χ4n) is 3.35. The maximum Gasteiger partial charge on any atom is 0.269 e. The summed E-state index contributed by atoms with van der Waals surface area (Å²) in [6.45, 7) is 4.87. The number of nitro benzene ring substituents is 1. The summed E-state index contributed by atoms with van der Waals surface area (Å²) in [5, 5.41) is 13.7. The van der Waals surface area contributed by atoms with Gasteiger partial charge in [0.25, 0.3) is 11.6 Å². The van der Waals surface area contributed by atoms with Gasteiger partial charge in [-0.1, -0.05) is 24.3 Å². The van der Waals surface area contributed by atoms with Crippen LogP contribution in [0.4, 0.5) is 5.69 Å². The third-order valence-corrected chi connectivity index (χ3v) is 5.03. The molecule has 28 heavy (non-hydrogen) atoms. The Labute approximate surface area is 164 Å². The number of benzene rings is 2. The van der Waals surface area contributed by atoms with Crippen molar-refractivity contribution in [1.29, 1.82) is 0 Å². The van der Waals surface area contributed by atoms with Gasteiger partial charge in [0.15, 0.2) is 6.61 Å². The van der Waals surface area contributed by atoms with Crippen molar-refractivity contribution >= 4 is 11.6 Å². The number of carbonyl (C=O) groups is 1. The van der Waals surface area contributed by atoms with E-state index in [-0.39, 0.29) is 24.2 Å². The van der Waals surface area contributed by atoms with Crippen LogP contribution in [-0.4, -0.2) is 41.5 Å². The van der Waals surface area contributed by atoms with Crippen LogP contribution < -0.4 is 10.1 Å². The molecule has 2 aromatic carbocycles. The lowest BCUT2D eigenvalue weighted by atomic mass is 10.0. The fraction of sp³-hybridized carbons (Fsp3) is 0.381. The molecule has 1 aliphatic heterocycles. The Hall–Kier alpha value is -2.93. The predicted octanol–water partition coefficient (Wildman–Crippen LogP) is 3.06. The number of aryl methyl sites for hydroxylation is 1. The highest BCUT2D eigenvalue weighted by molar-refractivity contribution is 5.77. The molecule has 1 amide bonds. The normalized spacial score (nSPS) is 15.2. The quantitative estimate of drug-likeness (QED) is 0.587.